The highest BCUT2D eigenvalue weighted by atomic mass is 32.2. The van der Waals surface area contributed by atoms with E-state index in [1.54, 1.807) is 11.6 Å². The predicted octanol–water partition coefficient (Wildman–Crippen LogP) is 2.65. The molecule has 0 aliphatic carbocycles. The lowest BCUT2D eigenvalue weighted by Crippen LogP contribution is -2.23. The van der Waals surface area contributed by atoms with E-state index in [2.05, 4.69) is 0 Å². The minimum absolute atomic E-state index is 0.241. The predicted molar refractivity (Wildman–Crippen MR) is 63.5 cm³/mol. The molecule has 0 saturated heterocycles. The van der Waals surface area contributed by atoms with Crippen molar-refractivity contribution in [2.75, 3.05) is 12.8 Å². The van der Waals surface area contributed by atoms with Crippen LogP contribution >= 0.6 is 11.8 Å². The minimum atomic E-state index is -4.63. The first-order valence-electron chi connectivity index (χ1n) is 5.20. The van der Waals surface area contributed by atoms with E-state index in [-0.39, 0.29) is 5.75 Å². The lowest BCUT2D eigenvalue weighted by Gasteiger charge is -2.11. The molecule has 1 aromatic rings. The van der Waals surface area contributed by atoms with Gasteiger partial charge in [0.2, 0.25) is 10.0 Å². The molecule has 9 heteroatoms. The summed E-state index contributed by atoms with van der Waals surface area (Å²) in [5.41, 5.74) is 0. The molecule has 1 aromatic carbocycles. The number of hydrogen-bond acceptors (Lipinski definition) is 3. The van der Waals surface area contributed by atoms with E-state index in [1.165, 1.54) is 0 Å². The maximum absolute atomic E-state index is 13.6. The second kappa shape index (κ2) is 6.10. The standard InChI is InChI=1S/C10H11F4NO2S2/c1-3-4-18-9-5(11)7(13)10(8(14)6(9)12)19(16,17)15-2/h15H,3-4H2,1-2H3. The van der Waals surface area contributed by atoms with Crippen LogP contribution in [0.1, 0.15) is 13.3 Å². The number of rotatable bonds is 5. The molecule has 0 bridgehead atoms. The third-order valence-corrected chi connectivity index (χ3v) is 4.86. The van der Waals surface area contributed by atoms with E-state index in [1.807, 2.05) is 0 Å². The summed E-state index contributed by atoms with van der Waals surface area (Å²) in [5, 5.41) is 0. The topological polar surface area (TPSA) is 46.2 Å². The van der Waals surface area contributed by atoms with Crippen molar-refractivity contribution < 1.29 is 26.0 Å². The van der Waals surface area contributed by atoms with E-state index >= 15 is 0 Å². The van der Waals surface area contributed by atoms with Gasteiger partial charge in [0.05, 0.1) is 4.90 Å². The van der Waals surface area contributed by atoms with Gasteiger partial charge in [0.25, 0.3) is 0 Å². The Kier molecular flexibility index (Phi) is 5.22. The van der Waals surface area contributed by atoms with Crippen molar-refractivity contribution in [1.29, 1.82) is 0 Å². The first-order valence-corrected chi connectivity index (χ1v) is 7.67. The van der Waals surface area contributed by atoms with Crippen LogP contribution in [0.3, 0.4) is 0 Å². The zero-order valence-corrected chi connectivity index (χ0v) is 11.7. The van der Waals surface area contributed by atoms with Gasteiger partial charge in [-0.25, -0.2) is 30.7 Å². The van der Waals surface area contributed by atoms with Gasteiger partial charge in [-0.05, 0) is 19.2 Å². The third kappa shape index (κ3) is 3.03. The second-order valence-corrected chi connectivity index (χ2v) is 6.40. The molecule has 0 saturated carbocycles. The molecule has 0 aromatic heterocycles. The van der Waals surface area contributed by atoms with Crippen LogP contribution in [0.25, 0.3) is 0 Å². The van der Waals surface area contributed by atoms with Crippen molar-refractivity contribution in [3.05, 3.63) is 23.3 Å². The molecule has 1 N–H and O–H groups in total. The normalized spacial score (nSPS) is 11.9. The Balaban J connectivity index is 3.57. The fourth-order valence-corrected chi connectivity index (χ4v) is 2.96. The Hall–Kier alpha value is -0.800. The first-order chi connectivity index (χ1) is 8.77. The van der Waals surface area contributed by atoms with E-state index < -0.39 is 43.1 Å². The summed E-state index contributed by atoms with van der Waals surface area (Å²) < 4.78 is 78.7. The molecule has 0 aliphatic heterocycles. The van der Waals surface area contributed by atoms with Crippen molar-refractivity contribution in [3.63, 3.8) is 0 Å². The molecule has 0 unspecified atom stereocenters. The maximum atomic E-state index is 13.6. The van der Waals surface area contributed by atoms with Crippen LogP contribution in [0.2, 0.25) is 0 Å². The summed E-state index contributed by atoms with van der Waals surface area (Å²) in [7, 11) is -3.75. The maximum Gasteiger partial charge on any atom is 0.246 e. The monoisotopic (exact) mass is 317 g/mol. The summed E-state index contributed by atoms with van der Waals surface area (Å²) in [6.07, 6.45) is 0.531. The molecule has 3 nitrogen and oxygen atoms in total. The summed E-state index contributed by atoms with van der Waals surface area (Å²) >= 11 is 0.584. The summed E-state index contributed by atoms with van der Waals surface area (Å²) in [5.74, 6) is -7.01. The lowest BCUT2D eigenvalue weighted by atomic mass is 10.3. The van der Waals surface area contributed by atoms with Crippen LogP contribution in [0.15, 0.2) is 9.79 Å². The van der Waals surface area contributed by atoms with E-state index in [9.17, 15) is 26.0 Å². The molecule has 0 radical (unpaired) electrons. The highest BCUT2D eigenvalue weighted by Gasteiger charge is 2.32. The minimum Gasteiger partial charge on any atom is -0.214 e. The summed E-state index contributed by atoms with van der Waals surface area (Å²) in [4.78, 5) is -2.50. The number of nitrogens with one attached hydrogen (secondary N) is 1. The van der Waals surface area contributed by atoms with Gasteiger partial charge >= 0.3 is 0 Å². The number of thioether (sulfide) groups is 1. The second-order valence-electron chi connectivity index (χ2n) is 3.47. The van der Waals surface area contributed by atoms with Crippen LogP contribution in [0.5, 0.6) is 0 Å². The first kappa shape index (κ1) is 16.3. The Labute approximate surface area is 112 Å². The zero-order chi connectivity index (χ0) is 14.8. The van der Waals surface area contributed by atoms with Crippen molar-refractivity contribution in [3.8, 4) is 0 Å². The SMILES string of the molecule is CCCSc1c(F)c(F)c(S(=O)(=O)NC)c(F)c1F. The third-order valence-electron chi connectivity index (χ3n) is 2.17. The number of halogens is 4. The highest BCUT2D eigenvalue weighted by Crippen LogP contribution is 2.33. The van der Waals surface area contributed by atoms with Gasteiger partial charge in [-0.15, -0.1) is 11.8 Å². The Morgan fingerprint density at radius 2 is 1.53 bits per heavy atom. The van der Waals surface area contributed by atoms with Gasteiger partial charge in [0, 0.05) is 0 Å². The molecule has 0 spiro atoms. The molecule has 0 atom stereocenters. The van der Waals surface area contributed by atoms with Gasteiger partial charge in [0.1, 0.15) is 0 Å². The quantitative estimate of drug-likeness (QED) is 0.516. The van der Waals surface area contributed by atoms with E-state index in [0.29, 0.717) is 18.2 Å². The van der Waals surface area contributed by atoms with Gasteiger partial charge in [-0.3, -0.25) is 0 Å². The van der Waals surface area contributed by atoms with Gasteiger partial charge < -0.3 is 0 Å². The fourth-order valence-electron chi connectivity index (χ4n) is 1.26. The van der Waals surface area contributed by atoms with Crippen molar-refractivity contribution in [1.82, 2.24) is 4.72 Å². The van der Waals surface area contributed by atoms with Crippen molar-refractivity contribution in [2.45, 2.75) is 23.1 Å². The van der Waals surface area contributed by atoms with Gasteiger partial charge in [-0.1, -0.05) is 6.92 Å². The smallest absolute Gasteiger partial charge is 0.214 e. The molecular weight excluding hydrogens is 306 g/mol. The molecule has 0 amide bonds. The molecule has 19 heavy (non-hydrogen) atoms. The van der Waals surface area contributed by atoms with E-state index in [4.69, 9.17) is 0 Å². The summed E-state index contributed by atoms with van der Waals surface area (Å²) in [6.45, 7) is 1.72. The summed E-state index contributed by atoms with van der Waals surface area (Å²) in [6, 6.07) is 0. The number of hydrogen-bond donors (Lipinski definition) is 1. The molecular formula is C10H11F4NO2S2. The van der Waals surface area contributed by atoms with Crippen LogP contribution in [-0.2, 0) is 10.0 Å². The number of sulfonamides is 1. The fraction of sp³-hybridized carbons (Fsp3) is 0.400. The molecule has 1 rings (SSSR count). The zero-order valence-electron chi connectivity index (χ0n) is 10.1. The van der Waals surface area contributed by atoms with Crippen LogP contribution < -0.4 is 4.72 Å². The van der Waals surface area contributed by atoms with Crippen LogP contribution in [0.4, 0.5) is 17.6 Å². The largest absolute Gasteiger partial charge is 0.246 e. The Morgan fingerprint density at radius 1 is 1.05 bits per heavy atom. The molecule has 0 aliphatic rings. The van der Waals surface area contributed by atoms with Gasteiger partial charge in [0.15, 0.2) is 28.2 Å². The van der Waals surface area contributed by atoms with Crippen LogP contribution in [0, 0.1) is 23.3 Å². The van der Waals surface area contributed by atoms with Crippen molar-refractivity contribution in [2.24, 2.45) is 0 Å². The average Bonchev–Trinajstić information content (AvgIpc) is 2.36. The van der Waals surface area contributed by atoms with E-state index in [0.717, 1.165) is 7.05 Å². The molecule has 0 fully saturated rings. The average molecular weight is 317 g/mol. The molecule has 0 heterocycles. The number of benzene rings is 1. The highest BCUT2D eigenvalue weighted by molar-refractivity contribution is 7.99. The van der Waals surface area contributed by atoms with Crippen LogP contribution in [-0.4, -0.2) is 21.2 Å². The van der Waals surface area contributed by atoms with Crippen molar-refractivity contribution >= 4 is 21.8 Å². The van der Waals surface area contributed by atoms with Gasteiger partial charge in [-0.2, -0.15) is 0 Å². The molecule has 108 valence electrons. The Bertz CT molecular complexity index is 561. The Morgan fingerprint density at radius 3 is 1.89 bits per heavy atom. The lowest BCUT2D eigenvalue weighted by molar-refractivity contribution is 0.395.